The topological polar surface area (TPSA) is 34.1 Å². The standard InChI is InChI=1S/C17H28O2/c1-13(18)6-10-15(2)8-5-9-16(3)12-14(19)7-11-17(15,16)4/h5-12H2,1-4H3/t15-,16+,17+/m0/s1. The van der Waals surface area contributed by atoms with Gasteiger partial charge in [-0.2, -0.15) is 0 Å². The minimum atomic E-state index is 0.145. The van der Waals surface area contributed by atoms with Gasteiger partial charge in [0, 0.05) is 19.3 Å². The van der Waals surface area contributed by atoms with E-state index in [1.54, 1.807) is 6.92 Å². The Kier molecular flexibility index (Phi) is 3.66. The second-order valence-electron chi connectivity index (χ2n) is 7.72. The van der Waals surface area contributed by atoms with E-state index >= 15 is 0 Å². The molecule has 0 saturated heterocycles. The van der Waals surface area contributed by atoms with Crippen LogP contribution < -0.4 is 0 Å². The Balaban J connectivity index is 2.29. The number of rotatable bonds is 3. The molecule has 19 heavy (non-hydrogen) atoms. The molecule has 0 amide bonds. The van der Waals surface area contributed by atoms with Crippen LogP contribution in [0.1, 0.15) is 79.1 Å². The summed E-state index contributed by atoms with van der Waals surface area (Å²) in [4.78, 5) is 23.3. The molecular formula is C17H28O2. The molecular weight excluding hydrogens is 236 g/mol. The first kappa shape index (κ1) is 14.7. The lowest BCUT2D eigenvalue weighted by Gasteiger charge is -2.62. The van der Waals surface area contributed by atoms with E-state index in [0.717, 1.165) is 25.7 Å². The molecule has 0 aromatic carbocycles. The summed E-state index contributed by atoms with van der Waals surface area (Å²) in [7, 11) is 0. The number of carbonyl (C=O) groups excluding carboxylic acids is 2. The first-order valence-corrected chi connectivity index (χ1v) is 7.74. The third-order valence-electron chi connectivity index (χ3n) is 6.64. The monoisotopic (exact) mass is 264 g/mol. The molecule has 2 aliphatic carbocycles. The highest BCUT2D eigenvalue weighted by atomic mass is 16.1. The van der Waals surface area contributed by atoms with Gasteiger partial charge < -0.3 is 4.79 Å². The summed E-state index contributed by atoms with van der Waals surface area (Å²) in [6, 6.07) is 0. The summed E-state index contributed by atoms with van der Waals surface area (Å²) in [6.45, 7) is 8.76. The first-order chi connectivity index (χ1) is 8.72. The predicted octanol–water partition coefficient (Wildman–Crippen LogP) is 4.31. The van der Waals surface area contributed by atoms with E-state index in [0.29, 0.717) is 18.0 Å². The average molecular weight is 264 g/mol. The molecule has 2 heteroatoms. The van der Waals surface area contributed by atoms with Crippen molar-refractivity contribution in [2.24, 2.45) is 16.2 Å². The second kappa shape index (κ2) is 4.71. The minimum absolute atomic E-state index is 0.145. The Bertz CT molecular complexity index is 400. The molecule has 2 nitrogen and oxygen atoms in total. The van der Waals surface area contributed by atoms with Gasteiger partial charge >= 0.3 is 0 Å². The van der Waals surface area contributed by atoms with Crippen molar-refractivity contribution in [3.8, 4) is 0 Å². The molecule has 0 spiro atoms. The van der Waals surface area contributed by atoms with Crippen LogP contribution in [-0.2, 0) is 9.59 Å². The molecule has 0 aromatic rings. The zero-order valence-corrected chi connectivity index (χ0v) is 13.0. The molecule has 2 aliphatic rings. The van der Waals surface area contributed by atoms with Gasteiger partial charge in [-0.25, -0.2) is 0 Å². The SMILES string of the molecule is CC(=O)CC[C@]1(C)CCC[C@]2(C)CC(=O)CC[C@]12C. The van der Waals surface area contributed by atoms with Crippen LogP contribution in [0, 0.1) is 16.2 Å². The van der Waals surface area contributed by atoms with Gasteiger partial charge in [0.2, 0.25) is 0 Å². The van der Waals surface area contributed by atoms with Crippen molar-refractivity contribution < 1.29 is 9.59 Å². The van der Waals surface area contributed by atoms with Gasteiger partial charge in [-0.3, -0.25) is 4.79 Å². The van der Waals surface area contributed by atoms with Crippen LogP contribution in [0.2, 0.25) is 0 Å². The number of carbonyl (C=O) groups is 2. The molecule has 2 fully saturated rings. The fourth-order valence-electron chi connectivity index (χ4n) is 4.80. The lowest BCUT2D eigenvalue weighted by atomic mass is 9.41. The second-order valence-corrected chi connectivity index (χ2v) is 7.72. The van der Waals surface area contributed by atoms with Crippen molar-refractivity contribution in [1.82, 2.24) is 0 Å². The third-order valence-corrected chi connectivity index (χ3v) is 6.64. The van der Waals surface area contributed by atoms with Crippen LogP contribution in [-0.4, -0.2) is 11.6 Å². The highest BCUT2D eigenvalue weighted by Gasteiger charge is 2.59. The average Bonchev–Trinajstić information content (AvgIpc) is 2.30. The molecule has 0 N–H and O–H groups in total. The molecule has 0 aliphatic heterocycles. The summed E-state index contributed by atoms with van der Waals surface area (Å²) in [6.07, 6.45) is 7.76. The quantitative estimate of drug-likeness (QED) is 0.761. The minimum Gasteiger partial charge on any atom is -0.300 e. The molecule has 3 atom stereocenters. The van der Waals surface area contributed by atoms with E-state index in [1.165, 1.54) is 19.3 Å². The van der Waals surface area contributed by atoms with E-state index in [2.05, 4.69) is 20.8 Å². The summed E-state index contributed by atoms with van der Waals surface area (Å²) < 4.78 is 0. The van der Waals surface area contributed by atoms with Crippen molar-refractivity contribution in [2.45, 2.75) is 79.1 Å². The Labute approximate surface area is 117 Å². The Morgan fingerprint density at radius 2 is 1.84 bits per heavy atom. The van der Waals surface area contributed by atoms with E-state index in [1.807, 2.05) is 0 Å². The van der Waals surface area contributed by atoms with Crippen LogP contribution >= 0.6 is 0 Å². The van der Waals surface area contributed by atoms with Crippen LogP contribution in [0.15, 0.2) is 0 Å². The van der Waals surface area contributed by atoms with Crippen molar-refractivity contribution in [3.05, 3.63) is 0 Å². The fraction of sp³-hybridized carbons (Fsp3) is 0.882. The van der Waals surface area contributed by atoms with Crippen LogP contribution in [0.25, 0.3) is 0 Å². The van der Waals surface area contributed by atoms with E-state index in [9.17, 15) is 9.59 Å². The number of hydrogen-bond donors (Lipinski definition) is 0. The molecule has 2 rings (SSSR count). The Morgan fingerprint density at radius 3 is 2.47 bits per heavy atom. The molecule has 2 saturated carbocycles. The van der Waals surface area contributed by atoms with Gasteiger partial charge in [0.15, 0.2) is 0 Å². The van der Waals surface area contributed by atoms with Crippen molar-refractivity contribution in [2.75, 3.05) is 0 Å². The van der Waals surface area contributed by atoms with E-state index in [4.69, 9.17) is 0 Å². The van der Waals surface area contributed by atoms with Crippen molar-refractivity contribution in [3.63, 3.8) is 0 Å². The highest BCUT2D eigenvalue weighted by Crippen LogP contribution is 2.66. The fourth-order valence-corrected chi connectivity index (χ4v) is 4.80. The number of fused-ring (bicyclic) bond motifs is 1. The first-order valence-electron chi connectivity index (χ1n) is 7.74. The van der Waals surface area contributed by atoms with Crippen LogP contribution in [0.3, 0.4) is 0 Å². The summed E-state index contributed by atoms with van der Waals surface area (Å²) in [5.41, 5.74) is 0.570. The Hall–Kier alpha value is -0.660. The summed E-state index contributed by atoms with van der Waals surface area (Å²) >= 11 is 0. The highest BCUT2D eigenvalue weighted by molar-refractivity contribution is 5.80. The maximum atomic E-state index is 11.9. The molecule has 0 unspecified atom stereocenters. The van der Waals surface area contributed by atoms with Gasteiger partial charge in [0.05, 0.1) is 0 Å². The molecule has 0 bridgehead atoms. The number of ketones is 2. The maximum Gasteiger partial charge on any atom is 0.133 e. The number of hydrogen-bond acceptors (Lipinski definition) is 2. The largest absolute Gasteiger partial charge is 0.300 e. The summed E-state index contributed by atoms with van der Waals surface area (Å²) in [5.74, 6) is 0.736. The van der Waals surface area contributed by atoms with Gasteiger partial charge in [0.1, 0.15) is 11.6 Å². The summed E-state index contributed by atoms with van der Waals surface area (Å²) in [5, 5.41) is 0. The number of Topliss-reactive ketones (excluding diaryl/α,β-unsaturated/α-hetero) is 2. The van der Waals surface area contributed by atoms with E-state index < -0.39 is 0 Å². The van der Waals surface area contributed by atoms with Crippen LogP contribution in [0.4, 0.5) is 0 Å². The molecule has 0 heterocycles. The van der Waals surface area contributed by atoms with E-state index in [-0.39, 0.29) is 16.2 Å². The van der Waals surface area contributed by atoms with Gasteiger partial charge in [0.25, 0.3) is 0 Å². The van der Waals surface area contributed by atoms with Gasteiger partial charge in [-0.15, -0.1) is 0 Å². The Morgan fingerprint density at radius 1 is 1.16 bits per heavy atom. The van der Waals surface area contributed by atoms with Gasteiger partial charge in [-0.1, -0.05) is 27.2 Å². The molecule has 108 valence electrons. The third kappa shape index (κ3) is 2.28. The predicted molar refractivity (Wildman–Crippen MR) is 76.9 cm³/mol. The smallest absolute Gasteiger partial charge is 0.133 e. The lowest BCUT2D eigenvalue weighted by Crippen LogP contribution is -2.55. The lowest BCUT2D eigenvalue weighted by molar-refractivity contribution is -0.155. The van der Waals surface area contributed by atoms with Gasteiger partial charge in [-0.05, 0) is 48.9 Å². The maximum absolute atomic E-state index is 11.9. The zero-order chi connectivity index (χ0) is 14.3. The molecule has 0 aromatic heterocycles. The van der Waals surface area contributed by atoms with Crippen molar-refractivity contribution >= 4 is 11.6 Å². The normalized spacial score (nSPS) is 42.8. The molecule has 0 radical (unpaired) electrons. The zero-order valence-electron chi connectivity index (χ0n) is 13.0. The van der Waals surface area contributed by atoms with Crippen molar-refractivity contribution in [1.29, 1.82) is 0 Å². The van der Waals surface area contributed by atoms with Crippen LogP contribution in [0.5, 0.6) is 0 Å².